The van der Waals surface area contributed by atoms with E-state index in [-0.39, 0.29) is 0 Å². The molecule has 0 amide bonds. The summed E-state index contributed by atoms with van der Waals surface area (Å²) in [6.45, 7) is 4.08. The molecule has 1 aromatic rings. The van der Waals surface area contributed by atoms with E-state index in [2.05, 4.69) is 16.5 Å². The number of rotatable bonds is 2. The van der Waals surface area contributed by atoms with E-state index >= 15 is 0 Å². The van der Waals surface area contributed by atoms with Gasteiger partial charge in [0.15, 0.2) is 0 Å². The lowest BCUT2D eigenvalue weighted by Gasteiger charge is -2.03. The first-order valence-electron chi connectivity index (χ1n) is 3.79. The zero-order valence-corrected chi connectivity index (χ0v) is 7.33. The highest BCUT2D eigenvalue weighted by atomic mass is 15.2. The molecule has 3 N–H and O–H groups in total. The van der Waals surface area contributed by atoms with E-state index in [1.807, 2.05) is 19.9 Å². The van der Waals surface area contributed by atoms with Crippen LogP contribution in [0.25, 0.3) is 6.08 Å². The molecule has 0 fully saturated rings. The maximum atomic E-state index is 5.31. The molecule has 0 atom stereocenters. The zero-order chi connectivity index (χ0) is 8.97. The minimum atomic E-state index is 0.846. The maximum absolute atomic E-state index is 5.31. The Bertz CT molecular complexity index is 288. The predicted molar refractivity (Wildman–Crippen MR) is 51.4 cm³/mol. The van der Waals surface area contributed by atoms with E-state index in [4.69, 9.17) is 5.84 Å². The van der Waals surface area contributed by atoms with Gasteiger partial charge in [0.25, 0.3) is 0 Å². The largest absolute Gasteiger partial charge is 0.322 e. The van der Waals surface area contributed by atoms with Crippen molar-refractivity contribution in [2.24, 2.45) is 5.84 Å². The molecule has 1 rings (SSSR count). The highest BCUT2D eigenvalue weighted by Crippen LogP contribution is 2.15. The van der Waals surface area contributed by atoms with Crippen molar-refractivity contribution in [3.05, 3.63) is 29.6 Å². The lowest BCUT2D eigenvalue weighted by Crippen LogP contribution is -2.08. The number of hydrogen-bond donors (Lipinski definition) is 2. The summed E-state index contributed by atoms with van der Waals surface area (Å²) in [6, 6.07) is 1.92. The minimum absolute atomic E-state index is 0.846. The van der Waals surface area contributed by atoms with Crippen molar-refractivity contribution < 1.29 is 0 Å². The Morgan fingerprint density at radius 2 is 2.33 bits per heavy atom. The van der Waals surface area contributed by atoms with Crippen LogP contribution in [-0.4, -0.2) is 4.98 Å². The highest BCUT2D eigenvalue weighted by molar-refractivity contribution is 5.66. The van der Waals surface area contributed by atoms with Crippen LogP contribution in [0.1, 0.15) is 19.4 Å². The Hall–Kier alpha value is -1.35. The van der Waals surface area contributed by atoms with E-state index < -0.39 is 0 Å². The SMILES string of the molecule is CC(C)=Cc1ccncc1NN. The zero-order valence-electron chi connectivity index (χ0n) is 7.33. The summed E-state index contributed by atoms with van der Waals surface area (Å²) in [5.74, 6) is 5.31. The van der Waals surface area contributed by atoms with Crippen LogP contribution in [0.2, 0.25) is 0 Å². The van der Waals surface area contributed by atoms with E-state index in [1.54, 1.807) is 12.4 Å². The molecule has 0 saturated heterocycles. The van der Waals surface area contributed by atoms with E-state index in [1.165, 1.54) is 5.57 Å². The number of nitrogen functional groups attached to an aromatic ring is 1. The van der Waals surface area contributed by atoms with E-state index in [0.29, 0.717) is 0 Å². The van der Waals surface area contributed by atoms with Crippen molar-refractivity contribution >= 4 is 11.8 Å². The fourth-order valence-electron chi connectivity index (χ4n) is 0.963. The summed E-state index contributed by atoms with van der Waals surface area (Å²) in [6.07, 6.45) is 5.50. The number of aromatic nitrogens is 1. The van der Waals surface area contributed by atoms with Crippen molar-refractivity contribution in [2.75, 3.05) is 5.43 Å². The normalized spacial score (nSPS) is 9.25. The molecular weight excluding hydrogens is 150 g/mol. The first-order valence-corrected chi connectivity index (χ1v) is 3.79. The van der Waals surface area contributed by atoms with Crippen LogP contribution in [0.15, 0.2) is 24.0 Å². The molecule has 1 heterocycles. The van der Waals surface area contributed by atoms with E-state index in [0.717, 1.165) is 11.3 Å². The van der Waals surface area contributed by atoms with Crippen molar-refractivity contribution in [3.63, 3.8) is 0 Å². The third-order valence-corrected chi connectivity index (χ3v) is 1.45. The highest BCUT2D eigenvalue weighted by Gasteiger charge is 1.95. The molecule has 0 bridgehead atoms. The van der Waals surface area contributed by atoms with E-state index in [9.17, 15) is 0 Å². The average molecular weight is 163 g/mol. The Kier molecular flexibility index (Phi) is 2.82. The number of hydrogen-bond acceptors (Lipinski definition) is 3. The van der Waals surface area contributed by atoms with Crippen molar-refractivity contribution in [3.8, 4) is 0 Å². The lowest BCUT2D eigenvalue weighted by molar-refractivity contribution is 1.26. The number of nitrogens with zero attached hydrogens (tertiary/aromatic N) is 1. The van der Waals surface area contributed by atoms with Gasteiger partial charge in [-0.1, -0.05) is 11.6 Å². The second-order valence-corrected chi connectivity index (χ2v) is 2.83. The van der Waals surface area contributed by atoms with Crippen molar-refractivity contribution in [2.45, 2.75) is 13.8 Å². The summed E-state index contributed by atoms with van der Waals surface area (Å²) < 4.78 is 0. The van der Waals surface area contributed by atoms with Gasteiger partial charge in [-0.25, -0.2) is 0 Å². The minimum Gasteiger partial charge on any atom is -0.322 e. The monoisotopic (exact) mass is 163 g/mol. The van der Waals surface area contributed by atoms with Crippen molar-refractivity contribution in [1.29, 1.82) is 0 Å². The number of anilines is 1. The van der Waals surface area contributed by atoms with Crippen LogP contribution in [0, 0.1) is 0 Å². The Morgan fingerprint density at radius 3 is 2.92 bits per heavy atom. The Labute approximate surface area is 72.3 Å². The maximum Gasteiger partial charge on any atom is 0.0742 e. The van der Waals surface area contributed by atoms with Gasteiger partial charge in [0.05, 0.1) is 11.9 Å². The van der Waals surface area contributed by atoms with Crippen LogP contribution in [0.4, 0.5) is 5.69 Å². The molecule has 0 saturated carbocycles. The molecule has 0 aromatic carbocycles. The number of hydrazine groups is 1. The number of allylic oxidation sites excluding steroid dienone is 1. The topological polar surface area (TPSA) is 50.9 Å². The molecule has 3 nitrogen and oxygen atoms in total. The molecule has 0 unspecified atom stereocenters. The molecule has 0 radical (unpaired) electrons. The van der Waals surface area contributed by atoms with Gasteiger partial charge in [-0.2, -0.15) is 0 Å². The number of pyridine rings is 1. The van der Waals surface area contributed by atoms with Gasteiger partial charge in [-0.15, -0.1) is 0 Å². The standard InChI is InChI=1S/C9H13N3/c1-7(2)5-8-3-4-11-6-9(8)12-10/h3-6,12H,10H2,1-2H3. The molecule has 0 aliphatic rings. The molecule has 0 aliphatic carbocycles. The van der Waals surface area contributed by atoms with Gasteiger partial charge in [0.1, 0.15) is 0 Å². The summed E-state index contributed by atoms with van der Waals surface area (Å²) in [5, 5.41) is 0. The van der Waals surface area contributed by atoms with Crippen LogP contribution in [0.5, 0.6) is 0 Å². The molecular formula is C9H13N3. The van der Waals surface area contributed by atoms with Crippen molar-refractivity contribution in [1.82, 2.24) is 4.98 Å². The summed E-state index contributed by atoms with van der Waals surface area (Å²) >= 11 is 0. The van der Waals surface area contributed by atoms with Gasteiger partial charge in [0.2, 0.25) is 0 Å². The number of nitrogens with one attached hydrogen (secondary N) is 1. The van der Waals surface area contributed by atoms with Crippen LogP contribution in [0.3, 0.4) is 0 Å². The summed E-state index contributed by atoms with van der Waals surface area (Å²) in [4.78, 5) is 3.95. The smallest absolute Gasteiger partial charge is 0.0742 e. The fraction of sp³-hybridized carbons (Fsp3) is 0.222. The summed E-state index contributed by atoms with van der Waals surface area (Å²) in [5.41, 5.74) is 5.74. The summed E-state index contributed by atoms with van der Waals surface area (Å²) in [7, 11) is 0. The predicted octanol–water partition coefficient (Wildman–Crippen LogP) is 1.79. The molecule has 3 heteroatoms. The Balaban J connectivity index is 3.05. The quantitative estimate of drug-likeness (QED) is 0.516. The van der Waals surface area contributed by atoms with Gasteiger partial charge in [-0.05, 0) is 19.9 Å². The van der Waals surface area contributed by atoms with Gasteiger partial charge >= 0.3 is 0 Å². The lowest BCUT2D eigenvalue weighted by atomic mass is 10.1. The Morgan fingerprint density at radius 1 is 1.58 bits per heavy atom. The second-order valence-electron chi connectivity index (χ2n) is 2.83. The van der Waals surface area contributed by atoms with Crippen LogP contribution < -0.4 is 11.3 Å². The third-order valence-electron chi connectivity index (χ3n) is 1.45. The molecule has 0 spiro atoms. The van der Waals surface area contributed by atoms with Gasteiger partial charge in [-0.3, -0.25) is 10.8 Å². The average Bonchev–Trinajstić information content (AvgIpc) is 2.04. The van der Waals surface area contributed by atoms with Crippen LogP contribution in [-0.2, 0) is 0 Å². The first kappa shape index (κ1) is 8.74. The molecule has 12 heavy (non-hydrogen) atoms. The second kappa shape index (κ2) is 3.88. The molecule has 64 valence electrons. The third kappa shape index (κ3) is 2.07. The number of nitrogens with two attached hydrogens (primary N) is 1. The van der Waals surface area contributed by atoms with Gasteiger partial charge < -0.3 is 5.43 Å². The molecule has 1 aromatic heterocycles. The first-order chi connectivity index (χ1) is 5.74. The fourth-order valence-corrected chi connectivity index (χ4v) is 0.963. The van der Waals surface area contributed by atoms with Gasteiger partial charge in [0, 0.05) is 11.8 Å². The molecule has 0 aliphatic heterocycles. The van der Waals surface area contributed by atoms with Crippen LogP contribution >= 0.6 is 0 Å².